The number of piperidine rings is 1. The predicted molar refractivity (Wildman–Crippen MR) is 73.2 cm³/mol. The molecular formula is C12H19BNOP. The van der Waals surface area contributed by atoms with Gasteiger partial charge in [-0.3, -0.25) is 0 Å². The molecule has 0 aliphatic carbocycles. The van der Waals surface area contributed by atoms with Gasteiger partial charge in [-0.15, -0.1) is 9.24 Å². The van der Waals surface area contributed by atoms with Crippen LogP contribution in [0.25, 0.3) is 0 Å². The third kappa shape index (κ3) is 2.65. The van der Waals surface area contributed by atoms with Crippen LogP contribution in [0.3, 0.4) is 0 Å². The molecule has 1 aliphatic heterocycles. The van der Waals surface area contributed by atoms with E-state index in [0.717, 1.165) is 25.9 Å². The van der Waals surface area contributed by atoms with Crippen molar-refractivity contribution in [3.63, 3.8) is 0 Å². The molecule has 1 heterocycles. The van der Waals surface area contributed by atoms with Crippen molar-refractivity contribution in [2.75, 3.05) is 13.1 Å². The van der Waals surface area contributed by atoms with Crippen LogP contribution in [0.5, 0.6) is 0 Å². The fourth-order valence-corrected chi connectivity index (χ4v) is 2.91. The fraction of sp³-hybridized carbons (Fsp3) is 0.500. The Labute approximate surface area is 100 Å². The van der Waals surface area contributed by atoms with Crippen molar-refractivity contribution in [1.29, 1.82) is 0 Å². The van der Waals surface area contributed by atoms with Crippen molar-refractivity contribution in [1.82, 2.24) is 4.81 Å². The summed E-state index contributed by atoms with van der Waals surface area (Å²) in [6, 6.07) is 8.58. The van der Waals surface area contributed by atoms with Crippen molar-refractivity contribution in [3.05, 3.63) is 29.8 Å². The van der Waals surface area contributed by atoms with E-state index in [2.05, 4.69) is 38.3 Å². The lowest BCUT2D eigenvalue weighted by atomic mass is 9.79. The number of rotatable bonds is 2. The molecule has 1 atom stereocenters. The average molecular weight is 235 g/mol. The van der Waals surface area contributed by atoms with Gasteiger partial charge in [0.15, 0.2) is 0 Å². The summed E-state index contributed by atoms with van der Waals surface area (Å²) >= 11 is 0. The largest absolute Gasteiger partial charge is 0.437 e. The van der Waals surface area contributed by atoms with Crippen LogP contribution in [-0.2, 0) is 0 Å². The van der Waals surface area contributed by atoms with Crippen molar-refractivity contribution in [3.8, 4) is 0 Å². The minimum absolute atomic E-state index is 0.299. The molecule has 1 aliphatic rings. The zero-order valence-electron chi connectivity index (χ0n) is 9.76. The highest BCUT2D eigenvalue weighted by Gasteiger charge is 2.25. The summed E-state index contributed by atoms with van der Waals surface area (Å²) in [4.78, 5) is 2.14. The molecule has 0 saturated carbocycles. The van der Waals surface area contributed by atoms with Crippen molar-refractivity contribution < 1.29 is 5.02 Å². The molecule has 16 heavy (non-hydrogen) atoms. The Morgan fingerprint density at radius 1 is 1.31 bits per heavy atom. The first-order valence-electron chi connectivity index (χ1n) is 5.95. The van der Waals surface area contributed by atoms with Crippen LogP contribution in [0.4, 0.5) is 0 Å². The molecule has 86 valence electrons. The topological polar surface area (TPSA) is 23.5 Å². The van der Waals surface area contributed by atoms with Gasteiger partial charge >= 0.3 is 7.05 Å². The van der Waals surface area contributed by atoms with E-state index in [1.807, 2.05) is 6.82 Å². The maximum Gasteiger partial charge on any atom is 0.376 e. The molecular weight excluding hydrogens is 216 g/mol. The standard InChI is InChI=1S/C12H19BNOP/c1-13(15)14-8-6-10(7-9-14)11-4-2-3-5-12(11)16/h2-5,10,15H,6-9,16H2,1H3. The van der Waals surface area contributed by atoms with Gasteiger partial charge in [-0.25, -0.2) is 0 Å². The second-order valence-electron chi connectivity index (χ2n) is 4.57. The zero-order valence-corrected chi connectivity index (χ0v) is 10.9. The van der Waals surface area contributed by atoms with Crippen LogP contribution >= 0.6 is 9.24 Å². The van der Waals surface area contributed by atoms with Crippen LogP contribution in [0.15, 0.2) is 24.3 Å². The lowest BCUT2D eigenvalue weighted by Gasteiger charge is -2.33. The van der Waals surface area contributed by atoms with Crippen LogP contribution in [0, 0.1) is 0 Å². The lowest BCUT2D eigenvalue weighted by Crippen LogP contribution is -2.42. The Balaban J connectivity index is 2.02. The van der Waals surface area contributed by atoms with Gasteiger partial charge < -0.3 is 9.83 Å². The average Bonchev–Trinajstić information content (AvgIpc) is 2.30. The first-order chi connectivity index (χ1) is 7.68. The number of hydrogen-bond donors (Lipinski definition) is 1. The molecule has 4 heteroatoms. The molecule has 0 spiro atoms. The maximum atomic E-state index is 9.51. The van der Waals surface area contributed by atoms with E-state index in [-0.39, 0.29) is 7.05 Å². The van der Waals surface area contributed by atoms with E-state index in [1.54, 1.807) is 0 Å². The summed E-state index contributed by atoms with van der Waals surface area (Å²) in [7, 11) is 2.52. The molecule has 1 fully saturated rings. The first-order valence-corrected chi connectivity index (χ1v) is 6.52. The Morgan fingerprint density at radius 2 is 1.94 bits per heavy atom. The van der Waals surface area contributed by atoms with Crippen molar-refractivity contribution in [2.24, 2.45) is 0 Å². The summed E-state index contributed by atoms with van der Waals surface area (Å²) in [5.74, 6) is 0.656. The summed E-state index contributed by atoms with van der Waals surface area (Å²) < 4.78 is 0. The van der Waals surface area contributed by atoms with Gasteiger partial charge in [0.05, 0.1) is 0 Å². The van der Waals surface area contributed by atoms with Gasteiger partial charge in [0.25, 0.3) is 0 Å². The molecule has 0 radical (unpaired) electrons. The summed E-state index contributed by atoms with van der Waals surface area (Å²) in [5.41, 5.74) is 1.46. The normalized spacial score (nSPS) is 18.7. The van der Waals surface area contributed by atoms with E-state index in [4.69, 9.17) is 0 Å². The highest BCUT2D eigenvalue weighted by Crippen LogP contribution is 2.27. The zero-order chi connectivity index (χ0) is 11.5. The van der Waals surface area contributed by atoms with Gasteiger partial charge in [-0.2, -0.15) is 0 Å². The molecule has 0 aromatic heterocycles. The summed E-state index contributed by atoms with van der Waals surface area (Å²) in [6.45, 7) is 3.85. The second kappa shape index (κ2) is 5.31. The smallest absolute Gasteiger partial charge is 0.376 e. The third-order valence-corrected chi connectivity index (χ3v) is 4.02. The summed E-state index contributed by atoms with van der Waals surface area (Å²) in [5, 5.41) is 10.8. The highest BCUT2D eigenvalue weighted by molar-refractivity contribution is 7.27. The minimum atomic E-state index is -0.299. The van der Waals surface area contributed by atoms with Crippen LogP contribution in [0.2, 0.25) is 6.82 Å². The van der Waals surface area contributed by atoms with Crippen molar-refractivity contribution >= 4 is 21.6 Å². The molecule has 1 saturated heterocycles. The molecule has 2 rings (SSSR count). The number of nitrogens with zero attached hydrogens (tertiary/aromatic N) is 1. The van der Waals surface area contributed by atoms with Crippen LogP contribution in [-0.4, -0.2) is 30.0 Å². The van der Waals surface area contributed by atoms with E-state index in [0.29, 0.717) is 5.92 Å². The molecule has 2 nitrogen and oxygen atoms in total. The minimum Gasteiger partial charge on any atom is -0.437 e. The predicted octanol–water partition coefficient (Wildman–Crippen LogP) is 1.48. The van der Waals surface area contributed by atoms with Crippen LogP contribution < -0.4 is 5.30 Å². The van der Waals surface area contributed by atoms with E-state index >= 15 is 0 Å². The maximum absolute atomic E-state index is 9.51. The monoisotopic (exact) mass is 235 g/mol. The van der Waals surface area contributed by atoms with Gasteiger partial charge in [0.2, 0.25) is 0 Å². The molecule has 1 aromatic carbocycles. The fourth-order valence-electron chi connectivity index (χ4n) is 2.47. The highest BCUT2D eigenvalue weighted by atomic mass is 31.0. The molecule has 1 unspecified atom stereocenters. The Morgan fingerprint density at radius 3 is 2.50 bits per heavy atom. The van der Waals surface area contributed by atoms with E-state index in [9.17, 15) is 5.02 Å². The quantitative estimate of drug-likeness (QED) is 0.619. The van der Waals surface area contributed by atoms with E-state index < -0.39 is 0 Å². The number of hydrogen-bond acceptors (Lipinski definition) is 2. The second-order valence-corrected chi connectivity index (χ2v) is 5.19. The van der Waals surface area contributed by atoms with Gasteiger partial charge in [0, 0.05) is 0 Å². The lowest BCUT2D eigenvalue weighted by molar-refractivity contribution is 0.290. The first kappa shape index (κ1) is 12.1. The Hall–Kier alpha value is -0.365. The molecule has 1 N–H and O–H groups in total. The molecule has 0 amide bonds. The third-order valence-electron chi connectivity index (χ3n) is 3.49. The van der Waals surface area contributed by atoms with Crippen LogP contribution in [0.1, 0.15) is 24.3 Å². The van der Waals surface area contributed by atoms with Gasteiger partial charge in [-0.05, 0) is 49.5 Å². The molecule has 1 aromatic rings. The SMILES string of the molecule is CB(O)N1CCC(c2ccccc2P)CC1. The van der Waals surface area contributed by atoms with Crippen molar-refractivity contribution in [2.45, 2.75) is 25.6 Å². The molecule has 0 bridgehead atoms. The van der Waals surface area contributed by atoms with E-state index in [1.165, 1.54) is 10.9 Å². The Kier molecular flexibility index (Phi) is 4.02. The number of benzene rings is 1. The van der Waals surface area contributed by atoms with Gasteiger partial charge in [-0.1, -0.05) is 24.3 Å². The summed E-state index contributed by atoms with van der Waals surface area (Å²) in [6.07, 6.45) is 2.30. The van der Waals surface area contributed by atoms with Gasteiger partial charge in [0.1, 0.15) is 0 Å². The Bertz CT molecular complexity index is 351.